The van der Waals surface area contributed by atoms with Gasteiger partial charge in [-0.25, -0.2) is 0 Å². The van der Waals surface area contributed by atoms with Gasteiger partial charge >= 0.3 is 0 Å². The monoisotopic (exact) mass is 268 g/mol. The van der Waals surface area contributed by atoms with Gasteiger partial charge in [-0.3, -0.25) is 10.1 Å². The lowest BCUT2D eigenvalue weighted by Crippen LogP contribution is -2.51. The van der Waals surface area contributed by atoms with Crippen LogP contribution in [0.15, 0.2) is 0 Å². The van der Waals surface area contributed by atoms with Crippen molar-refractivity contribution in [2.24, 2.45) is 5.92 Å². The molecule has 3 fully saturated rings. The first kappa shape index (κ1) is 12.8. The van der Waals surface area contributed by atoms with Gasteiger partial charge in [0.25, 0.3) is 0 Å². The van der Waals surface area contributed by atoms with E-state index in [1.165, 1.54) is 44.9 Å². The Morgan fingerprint density at radius 1 is 1.33 bits per heavy atom. The molecule has 3 nitrogen and oxygen atoms in total. The van der Waals surface area contributed by atoms with Crippen LogP contribution < -0.4 is 5.32 Å². The van der Waals surface area contributed by atoms with Crippen molar-refractivity contribution in [3.8, 4) is 0 Å². The average Bonchev–Trinajstić information content (AvgIpc) is 2.94. The van der Waals surface area contributed by atoms with Crippen LogP contribution in [0, 0.1) is 5.92 Å². The Hall–Kier alpha value is -0.220. The van der Waals surface area contributed by atoms with Crippen molar-refractivity contribution in [2.45, 2.75) is 55.9 Å². The van der Waals surface area contributed by atoms with Gasteiger partial charge in [-0.05, 0) is 37.9 Å². The topological polar surface area (TPSA) is 32.3 Å². The number of rotatable bonds is 4. The molecular formula is C14H24N2OS. The molecule has 2 saturated carbocycles. The largest absolute Gasteiger partial charge is 0.324 e. The maximum absolute atomic E-state index is 12.1. The van der Waals surface area contributed by atoms with Gasteiger partial charge in [0, 0.05) is 11.3 Å². The molecule has 0 radical (unpaired) electrons. The zero-order valence-corrected chi connectivity index (χ0v) is 12.1. The minimum absolute atomic E-state index is 0.326. The molecule has 0 aromatic rings. The fraction of sp³-hybridized carbons (Fsp3) is 0.929. The van der Waals surface area contributed by atoms with Crippen molar-refractivity contribution < 1.29 is 4.79 Å². The highest BCUT2D eigenvalue weighted by molar-refractivity contribution is 8.00. The van der Waals surface area contributed by atoms with Crippen molar-refractivity contribution >= 4 is 17.7 Å². The van der Waals surface area contributed by atoms with Gasteiger partial charge in [-0.1, -0.05) is 19.3 Å². The Kier molecular flexibility index (Phi) is 3.59. The smallest absolute Gasteiger partial charge is 0.237 e. The molecule has 1 atom stereocenters. The zero-order valence-electron chi connectivity index (χ0n) is 11.3. The maximum Gasteiger partial charge on any atom is 0.237 e. The number of hydrogen-bond acceptors (Lipinski definition) is 3. The minimum Gasteiger partial charge on any atom is -0.324 e. The van der Waals surface area contributed by atoms with Gasteiger partial charge in [0.2, 0.25) is 5.91 Å². The SMILES string of the molecule is CSC1(CN2C(=O)CNC2C2CCCC2)CCC1. The van der Waals surface area contributed by atoms with E-state index >= 15 is 0 Å². The molecule has 18 heavy (non-hydrogen) atoms. The highest BCUT2D eigenvalue weighted by Gasteiger charge is 2.44. The maximum atomic E-state index is 12.1. The molecule has 1 N–H and O–H groups in total. The Morgan fingerprint density at radius 3 is 2.61 bits per heavy atom. The summed E-state index contributed by atoms with van der Waals surface area (Å²) in [5.74, 6) is 1.03. The number of carbonyl (C=O) groups is 1. The van der Waals surface area contributed by atoms with E-state index in [9.17, 15) is 4.79 Å². The lowest BCUT2D eigenvalue weighted by atomic mass is 9.83. The zero-order chi connectivity index (χ0) is 12.6. The molecular weight excluding hydrogens is 244 g/mol. The molecule has 4 heteroatoms. The number of hydrogen-bond donors (Lipinski definition) is 1. The second-order valence-electron chi connectivity index (χ2n) is 6.13. The summed E-state index contributed by atoms with van der Waals surface area (Å²) in [4.78, 5) is 14.3. The third kappa shape index (κ3) is 2.18. The van der Waals surface area contributed by atoms with Crippen LogP contribution in [-0.2, 0) is 4.79 Å². The van der Waals surface area contributed by atoms with Crippen LogP contribution >= 0.6 is 11.8 Å². The van der Waals surface area contributed by atoms with Gasteiger partial charge in [0.15, 0.2) is 0 Å². The Bertz CT molecular complexity index is 318. The van der Waals surface area contributed by atoms with E-state index in [4.69, 9.17) is 0 Å². The number of amides is 1. The predicted octanol–water partition coefficient (Wildman–Crippen LogP) is 2.22. The van der Waals surface area contributed by atoms with Crippen molar-refractivity contribution in [1.82, 2.24) is 10.2 Å². The number of nitrogens with zero attached hydrogens (tertiary/aromatic N) is 1. The predicted molar refractivity (Wildman–Crippen MR) is 75.6 cm³/mol. The first-order chi connectivity index (χ1) is 8.74. The fourth-order valence-corrected chi connectivity index (χ4v) is 4.71. The van der Waals surface area contributed by atoms with E-state index in [1.807, 2.05) is 11.8 Å². The molecule has 0 aromatic heterocycles. The van der Waals surface area contributed by atoms with Crippen LogP contribution in [0.25, 0.3) is 0 Å². The summed E-state index contributed by atoms with van der Waals surface area (Å²) in [6.45, 7) is 1.53. The van der Waals surface area contributed by atoms with Crippen LogP contribution in [0.2, 0.25) is 0 Å². The van der Waals surface area contributed by atoms with Crippen LogP contribution in [0.5, 0.6) is 0 Å². The van der Waals surface area contributed by atoms with Crippen molar-refractivity contribution in [3.05, 3.63) is 0 Å². The Balaban J connectivity index is 1.69. The van der Waals surface area contributed by atoms with E-state index < -0.39 is 0 Å². The van der Waals surface area contributed by atoms with E-state index in [0.29, 0.717) is 29.3 Å². The van der Waals surface area contributed by atoms with Gasteiger partial charge in [0.1, 0.15) is 0 Å². The molecule has 3 aliphatic rings. The summed E-state index contributed by atoms with van der Waals surface area (Å²) in [5, 5.41) is 3.46. The summed E-state index contributed by atoms with van der Waals surface area (Å²) in [6, 6.07) is 0. The Morgan fingerprint density at radius 2 is 2.06 bits per heavy atom. The van der Waals surface area contributed by atoms with Crippen LogP contribution in [0.4, 0.5) is 0 Å². The highest BCUT2D eigenvalue weighted by atomic mass is 32.2. The number of thioether (sulfide) groups is 1. The van der Waals surface area contributed by atoms with E-state index in [0.717, 1.165) is 6.54 Å². The third-order valence-electron chi connectivity index (χ3n) is 5.12. The van der Waals surface area contributed by atoms with Crippen LogP contribution in [0.3, 0.4) is 0 Å². The van der Waals surface area contributed by atoms with E-state index in [1.54, 1.807) is 0 Å². The summed E-state index contributed by atoms with van der Waals surface area (Å²) in [5.41, 5.74) is 0. The Labute approximate surface area is 114 Å². The van der Waals surface area contributed by atoms with Crippen LogP contribution in [0.1, 0.15) is 44.9 Å². The van der Waals surface area contributed by atoms with E-state index in [-0.39, 0.29) is 0 Å². The van der Waals surface area contributed by atoms with Crippen molar-refractivity contribution in [1.29, 1.82) is 0 Å². The molecule has 102 valence electrons. The van der Waals surface area contributed by atoms with Crippen molar-refractivity contribution in [2.75, 3.05) is 19.3 Å². The number of carbonyl (C=O) groups excluding carboxylic acids is 1. The van der Waals surface area contributed by atoms with E-state index in [2.05, 4.69) is 16.5 Å². The third-order valence-corrected chi connectivity index (χ3v) is 6.52. The fourth-order valence-electron chi connectivity index (χ4n) is 3.75. The molecule has 0 aromatic carbocycles. The summed E-state index contributed by atoms with van der Waals surface area (Å²) in [6.07, 6.45) is 11.7. The molecule has 0 bridgehead atoms. The first-order valence-corrected chi connectivity index (χ1v) is 8.55. The molecule has 0 spiro atoms. The minimum atomic E-state index is 0.326. The van der Waals surface area contributed by atoms with Crippen molar-refractivity contribution in [3.63, 3.8) is 0 Å². The summed E-state index contributed by atoms with van der Waals surface area (Å²) in [7, 11) is 0. The number of nitrogens with one attached hydrogen (secondary N) is 1. The lowest BCUT2D eigenvalue weighted by Gasteiger charge is -2.44. The first-order valence-electron chi connectivity index (χ1n) is 7.32. The molecule has 1 unspecified atom stereocenters. The lowest BCUT2D eigenvalue weighted by molar-refractivity contribution is -0.129. The normalized spacial score (nSPS) is 31.9. The molecule has 1 amide bonds. The molecule has 1 saturated heterocycles. The summed E-state index contributed by atoms with van der Waals surface area (Å²) >= 11 is 1.97. The van der Waals surface area contributed by atoms with Gasteiger partial charge in [-0.2, -0.15) is 11.8 Å². The molecule has 1 heterocycles. The quantitative estimate of drug-likeness (QED) is 0.848. The standard InChI is InChI=1S/C14H24N2OS/c1-18-14(7-4-8-14)10-16-12(17)9-15-13(16)11-5-2-3-6-11/h11,13,15H,2-10H2,1H3. The van der Waals surface area contributed by atoms with Gasteiger partial charge < -0.3 is 4.90 Å². The summed E-state index contributed by atoms with van der Waals surface area (Å²) < 4.78 is 0.374. The molecule has 1 aliphatic heterocycles. The van der Waals surface area contributed by atoms with Gasteiger partial charge in [0.05, 0.1) is 12.7 Å². The highest BCUT2D eigenvalue weighted by Crippen LogP contribution is 2.44. The average molecular weight is 268 g/mol. The molecule has 3 rings (SSSR count). The molecule has 2 aliphatic carbocycles. The second kappa shape index (κ2) is 5.04. The second-order valence-corrected chi connectivity index (χ2v) is 7.41. The van der Waals surface area contributed by atoms with Crippen LogP contribution in [-0.4, -0.2) is 41.1 Å². The van der Waals surface area contributed by atoms with Gasteiger partial charge in [-0.15, -0.1) is 0 Å².